The van der Waals surface area contributed by atoms with E-state index in [9.17, 15) is 9.59 Å². The summed E-state index contributed by atoms with van der Waals surface area (Å²) >= 11 is 1.60. The SMILES string of the molecule is NC(=O)c1ccc(CNC(=O)c2cnn3c(-c4cccs4)ccnc23)cc1. The highest BCUT2D eigenvalue weighted by Crippen LogP contribution is 2.25. The maximum Gasteiger partial charge on any atom is 0.257 e. The van der Waals surface area contributed by atoms with Gasteiger partial charge in [-0.3, -0.25) is 9.59 Å². The largest absolute Gasteiger partial charge is 0.366 e. The van der Waals surface area contributed by atoms with E-state index in [0.717, 1.165) is 16.1 Å². The molecule has 27 heavy (non-hydrogen) atoms. The van der Waals surface area contributed by atoms with Crippen molar-refractivity contribution >= 4 is 28.8 Å². The molecule has 0 aliphatic carbocycles. The third-order valence-electron chi connectivity index (χ3n) is 4.11. The third kappa shape index (κ3) is 3.30. The molecule has 0 bridgehead atoms. The molecule has 0 radical (unpaired) electrons. The molecule has 0 aliphatic rings. The molecule has 0 saturated heterocycles. The maximum absolute atomic E-state index is 12.6. The lowest BCUT2D eigenvalue weighted by atomic mass is 10.1. The first-order valence-electron chi connectivity index (χ1n) is 8.17. The number of nitrogens with zero attached hydrogens (tertiary/aromatic N) is 3. The van der Waals surface area contributed by atoms with Gasteiger partial charge in [-0.1, -0.05) is 18.2 Å². The Hall–Kier alpha value is -3.52. The summed E-state index contributed by atoms with van der Waals surface area (Å²) < 4.78 is 1.67. The number of fused-ring (bicyclic) bond motifs is 1. The zero-order chi connectivity index (χ0) is 18.8. The Morgan fingerprint density at radius 1 is 1.15 bits per heavy atom. The monoisotopic (exact) mass is 377 g/mol. The van der Waals surface area contributed by atoms with Crippen molar-refractivity contribution in [2.24, 2.45) is 5.73 Å². The highest BCUT2D eigenvalue weighted by molar-refractivity contribution is 7.13. The Labute approximate surface area is 158 Å². The van der Waals surface area contributed by atoms with Gasteiger partial charge >= 0.3 is 0 Å². The van der Waals surface area contributed by atoms with E-state index in [1.807, 2.05) is 23.6 Å². The van der Waals surface area contributed by atoms with Crippen LogP contribution in [-0.2, 0) is 6.54 Å². The van der Waals surface area contributed by atoms with Gasteiger partial charge in [0.25, 0.3) is 5.91 Å². The second-order valence-electron chi connectivity index (χ2n) is 5.84. The number of aromatic nitrogens is 3. The predicted molar refractivity (Wildman–Crippen MR) is 102 cm³/mol. The van der Waals surface area contributed by atoms with Crippen LogP contribution in [0, 0.1) is 0 Å². The van der Waals surface area contributed by atoms with Gasteiger partial charge in [0.15, 0.2) is 5.65 Å². The lowest BCUT2D eigenvalue weighted by Gasteiger charge is -2.05. The minimum atomic E-state index is -0.482. The average Bonchev–Trinajstić information content (AvgIpc) is 3.36. The second kappa shape index (κ2) is 7.00. The summed E-state index contributed by atoms with van der Waals surface area (Å²) in [5, 5.41) is 9.17. The van der Waals surface area contributed by atoms with Crippen molar-refractivity contribution in [3.8, 4) is 10.6 Å². The van der Waals surface area contributed by atoms with Crippen LogP contribution in [0.1, 0.15) is 26.3 Å². The lowest BCUT2D eigenvalue weighted by Crippen LogP contribution is -2.23. The van der Waals surface area contributed by atoms with Gasteiger partial charge in [0, 0.05) is 18.3 Å². The van der Waals surface area contributed by atoms with Crippen LogP contribution in [0.3, 0.4) is 0 Å². The van der Waals surface area contributed by atoms with Crippen LogP contribution in [0.4, 0.5) is 0 Å². The second-order valence-corrected chi connectivity index (χ2v) is 6.79. The van der Waals surface area contributed by atoms with E-state index in [1.54, 1.807) is 46.3 Å². The fraction of sp³-hybridized carbons (Fsp3) is 0.0526. The molecule has 0 atom stereocenters. The molecular weight excluding hydrogens is 362 g/mol. The van der Waals surface area contributed by atoms with Crippen molar-refractivity contribution in [1.82, 2.24) is 19.9 Å². The number of hydrogen-bond donors (Lipinski definition) is 2. The third-order valence-corrected chi connectivity index (χ3v) is 5.00. The zero-order valence-electron chi connectivity index (χ0n) is 14.1. The van der Waals surface area contributed by atoms with E-state index < -0.39 is 5.91 Å². The van der Waals surface area contributed by atoms with E-state index in [0.29, 0.717) is 23.3 Å². The fourth-order valence-electron chi connectivity index (χ4n) is 2.73. The molecular formula is C19H15N5O2S. The zero-order valence-corrected chi connectivity index (χ0v) is 14.9. The Balaban J connectivity index is 1.55. The summed E-state index contributed by atoms with van der Waals surface area (Å²) in [7, 11) is 0. The van der Waals surface area contributed by atoms with Crippen LogP contribution in [0.2, 0.25) is 0 Å². The van der Waals surface area contributed by atoms with E-state index in [1.165, 1.54) is 6.20 Å². The number of primary amides is 1. The maximum atomic E-state index is 12.6. The number of benzene rings is 1. The normalized spacial score (nSPS) is 10.8. The lowest BCUT2D eigenvalue weighted by molar-refractivity contribution is 0.0950. The standard InChI is InChI=1S/C19H15N5O2S/c20-17(25)13-5-3-12(4-6-13)10-22-19(26)14-11-23-24-15(7-8-21-18(14)24)16-2-1-9-27-16/h1-9,11H,10H2,(H2,20,25)(H,22,26). The molecule has 4 rings (SSSR count). The molecule has 7 nitrogen and oxygen atoms in total. The topological polar surface area (TPSA) is 102 Å². The Bertz CT molecular complexity index is 1120. The fourth-order valence-corrected chi connectivity index (χ4v) is 3.46. The number of amides is 2. The van der Waals surface area contributed by atoms with Crippen molar-refractivity contribution < 1.29 is 9.59 Å². The minimum absolute atomic E-state index is 0.264. The summed E-state index contributed by atoms with van der Waals surface area (Å²) in [6.45, 7) is 0.319. The number of nitrogens with two attached hydrogens (primary N) is 1. The number of nitrogens with one attached hydrogen (secondary N) is 1. The van der Waals surface area contributed by atoms with Crippen LogP contribution in [-0.4, -0.2) is 26.4 Å². The molecule has 8 heteroatoms. The predicted octanol–water partition coefficient (Wildman–Crippen LogP) is 2.49. The molecule has 3 aromatic heterocycles. The van der Waals surface area contributed by atoms with Crippen molar-refractivity contribution in [2.75, 3.05) is 0 Å². The van der Waals surface area contributed by atoms with Gasteiger partial charge in [-0.25, -0.2) is 9.50 Å². The minimum Gasteiger partial charge on any atom is -0.366 e. The number of thiophene rings is 1. The summed E-state index contributed by atoms with van der Waals surface area (Å²) in [5.74, 6) is -0.746. The number of carbonyl (C=O) groups excluding carboxylic acids is 2. The number of carbonyl (C=O) groups is 2. The molecule has 0 spiro atoms. The molecule has 0 unspecified atom stereocenters. The molecule has 134 valence electrons. The van der Waals surface area contributed by atoms with Gasteiger partial charge in [-0.15, -0.1) is 11.3 Å². The molecule has 3 heterocycles. The highest BCUT2D eigenvalue weighted by Gasteiger charge is 2.16. The van der Waals surface area contributed by atoms with Crippen LogP contribution in [0.25, 0.3) is 16.2 Å². The van der Waals surface area contributed by atoms with Crippen molar-refractivity contribution in [3.05, 3.63) is 76.9 Å². The molecule has 0 saturated carbocycles. The van der Waals surface area contributed by atoms with Gasteiger partial charge in [0.1, 0.15) is 5.56 Å². The van der Waals surface area contributed by atoms with Crippen LogP contribution >= 0.6 is 11.3 Å². The van der Waals surface area contributed by atoms with E-state index in [2.05, 4.69) is 15.4 Å². The number of rotatable bonds is 5. The van der Waals surface area contributed by atoms with Gasteiger partial charge < -0.3 is 11.1 Å². The molecule has 1 aromatic carbocycles. The Morgan fingerprint density at radius 2 is 1.96 bits per heavy atom. The van der Waals surface area contributed by atoms with Gasteiger partial charge in [-0.05, 0) is 35.2 Å². The van der Waals surface area contributed by atoms with Gasteiger partial charge in [0.05, 0.1) is 16.8 Å². The Morgan fingerprint density at radius 3 is 2.67 bits per heavy atom. The first-order chi connectivity index (χ1) is 13.1. The van der Waals surface area contributed by atoms with E-state index >= 15 is 0 Å². The Kier molecular flexibility index (Phi) is 4.39. The first-order valence-corrected chi connectivity index (χ1v) is 9.05. The summed E-state index contributed by atoms with van der Waals surface area (Å²) in [6, 6.07) is 12.6. The number of hydrogen-bond acceptors (Lipinski definition) is 5. The van der Waals surface area contributed by atoms with E-state index in [-0.39, 0.29) is 5.91 Å². The van der Waals surface area contributed by atoms with Crippen LogP contribution < -0.4 is 11.1 Å². The van der Waals surface area contributed by atoms with E-state index in [4.69, 9.17) is 5.73 Å². The molecule has 0 fully saturated rings. The van der Waals surface area contributed by atoms with Crippen molar-refractivity contribution in [1.29, 1.82) is 0 Å². The van der Waals surface area contributed by atoms with Crippen LogP contribution in [0.5, 0.6) is 0 Å². The summed E-state index contributed by atoms with van der Waals surface area (Å²) in [4.78, 5) is 29.1. The smallest absolute Gasteiger partial charge is 0.257 e. The quantitative estimate of drug-likeness (QED) is 0.558. The van der Waals surface area contributed by atoms with Crippen LogP contribution in [0.15, 0.2) is 60.2 Å². The highest BCUT2D eigenvalue weighted by atomic mass is 32.1. The van der Waals surface area contributed by atoms with Gasteiger partial charge in [0.2, 0.25) is 5.91 Å². The molecule has 3 N–H and O–H groups in total. The average molecular weight is 377 g/mol. The first kappa shape index (κ1) is 16.9. The van der Waals surface area contributed by atoms with Gasteiger partial charge in [-0.2, -0.15) is 5.10 Å². The molecule has 4 aromatic rings. The van der Waals surface area contributed by atoms with Crippen molar-refractivity contribution in [3.63, 3.8) is 0 Å². The summed E-state index contributed by atoms with van der Waals surface area (Å²) in [6.07, 6.45) is 3.19. The van der Waals surface area contributed by atoms with Crippen molar-refractivity contribution in [2.45, 2.75) is 6.54 Å². The molecule has 0 aliphatic heterocycles. The summed E-state index contributed by atoms with van der Waals surface area (Å²) in [5.41, 5.74) is 8.31. The molecule has 2 amide bonds.